The molecule has 1 saturated carbocycles. The van der Waals surface area contributed by atoms with Crippen LogP contribution in [0.5, 0.6) is 0 Å². The summed E-state index contributed by atoms with van der Waals surface area (Å²) in [6, 6.07) is 6.03. The van der Waals surface area contributed by atoms with Crippen LogP contribution in [0.15, 0.2) is 24.3 Å². The van der Waals surface area contributed by atoms with Crippen molar-refractivity contribution in [2.75, 3.05) is 25.5 Å². The smallest absolute Gasteiger partial charge is 0.337 e. The van der Waals surface area contributed by atoms with Gasteiger partial charge in [0.25, 0.3) is 10.2 Å². The Morgan fingerprint density at radius 3 is 2.64 bits per heavy atom. The molecule has 1 heterocycles. The number of piperidine rings is 1. The molecule has 0 spiro atoms. The third-order valence-electron chi connectivity index (χ3n) is 4.85. The molecular formula is C16H21N3O5S. The molecule has 2 unspecified atom stereocenters. The average molecular weight is 367 g/mol. The highest BCUT2D eigenvalue weighted by Crippen LogP contribution is 2.39. The maximum absolute atomic E-state index is 12.7. The summed E-state index contributed by atoms with van der Waals surface area (Å²) in [6.45, 7) is 0.144. The summed E-state index contributed by atoms with van der Waals surface area (Å²) in [5, 5.41) is 11.6. The van der Waals surface area contributed by atoms with Crippen molar-refractivity contribution in [2.45, 2.75) is 25.3 Å². The fourth-order valence-electron chi connectivity index (χ4n) is 3.59. The first-order valence-electron chi connectivity index (χ1n) is 8.14. The lowest BCUT2D eigenvalue weighted by atomic mass is 10.1. The Labute approximate surface area is 146 Å². The first kappa shape index (κ1) is 17.8. The maximum Gasteiger partial charge on any atom is 0.337 e. The third-order valence-corrected chi connectivity index (χ3v) is 6.80. The van der Waals surface area contributed by atoms with Crippen LogP contribution in [0.1, 0.15) is 29.6 Å². The highest BCUT2D eigenvalue weighted by molar-refractivity contribution is 7.86. The molecule has 2 aliphatic rings. The van der Waals surface area contributed by atoms with Crippen molar-refractivity contribution in [3.8, 4) is 0 Å². The standard InChI is InChI=1S/C16H21N3O5S/c1-18(25(23,24)19-9-11-6-7-12(19)8-11)10-15(20)17-14-5-3-2-4-13(14)16(21)22/h2-5,11-12H,6-10H2,1H3,(H,17,20)(H,21,22). The number of fused-ring (bicyclic) bond motifs is 2. The molecular weight excluding hydrogens is 346 g/mol. The number of nitrogens with zero attached hydrogens (tertiary/aromatic N) is 2. The highest BCUT2D eigenvalue weighted by Gasteiger charge is 2.45. The van der Waals surface area contributed by atoms with Crippen molar-refractivity contribution in [1.82, 2.24) is 8.61 Å². The summed E-state index contributed by atoms with van der Waals surface area (Å²) in [7, 11) is -2.33. The van der Waals surface area contributed by atoms with E-state index in [-0.39, 0.29) is 23.8 Å². The summed E-state index contributed by atoms with van der Waals surface area (Å²) in [5.74, 6) is -1.32. The molecule has 2 N–H and O–H groups in total. The van der Waals surface area contributed by atoms with Gasteiger partial charge in [0, 0.05) is 19.6 Å². The first-order chi connectivity index (χ1) is 11.8. The van der Waals surface area contributed by atoms with Gasteiger partial charge in [-0.05, 0) is 37.3 Å². The average Bonchev–Trinajstić information content (AvgIpc) is 3.18. The van der Waals surface area contributed by atoms with Gasteiger partial charge < -0.3 is 10.4 Å². The SMILES string of the molecule is CN(CC(=O)Nc1ccccc1C(=O)O)S(=O)(=O)N1CC2CCC1C2. The number of rotatable bonds is 6. The van der Waals surface area contributed by atoms with Gasteiger partial charge in [0.15, 0.2) is 0 Å². The Kier molecular flexibility index (Phi) is 4.81. The maximum atomic E-state index is 12.7. The van der Waals surface area contributed by atoms with E-state index in [1.54, 1.807) is 12.1 Å². The minimum Gasteiger partial charge on any atom is -0.478 e. The van der Waals surface area contributed by atoms with Gasteiger partial charge in [-0.3, -0.25) is 4.79 Å². The van der Waals surface area contributed by atoms with Gasteiger partial charge in [0.2, 0.25) is 5.91 Å². The van der Waals surface area contributed by atoms with Crippen molar-refractivity contribution in [3.63, 3.8) is 0 Å². The second-order valence-electron chi connectivity index (χ2n) is 6.57. The Hall–Kier alpha value is -1.97. The number of benzene rings is 1. The minimum atomic E-state index is -3.69. The number of carbonyl (C=O) groups is 2. The molecule has 1 saturated heterocycles. The van der Waals surface area contributed by atoms with Crippen LogP contribution in [-0.4, -0.2) is 60.2 Å². The number of nitrogens with one attached hydrogen (secondary N) is 1. The van der Waals surface area contributed by atoms with Gasteiger partial charge >= 0.3 is 5.97 Å². The number of hydrogen-bond donors (Lipinski definition) is 2. The fraction of sp³-hybridized carbons (Fsp3) is 0.500. The van der Waals surface area contributed by atoms with Crippen molar-refractivity contribution < 1.29 is 23.1 Å². The number of carbonyl (C=O) groups excluding carboxylic acids is 1. The molecule has 136 valence electrons. The number of hydrogen-bond acceptors (Lipinski definition) is 4. The topological polar surface area (TPSA) is 107 Å². The largest absolute Gasteiger partial charge is 0.478 e. The van der Waals surface area contributed by atoms with Gasteiger partial charge in [-0.1, -0.05) is 12.1 Å². The van der Waals surface area contributed by atoms with Crippen LogP contribution >= 0.6 is 0 Å². The normalized spacial score (nSPS) is 23.1. The van der Waals surface area contributed by atoms with Gasteiger partial charge in [0.05, 0.1) is 17.8 Å². The lowest BCUT2D eigenvalue weighted by Gasteiger charge is -2.30. The summed E-state index contributed by atoms with van der Waals surface area (Å²) in [4.78, 5) is 23.4. The van der Waals surface area contributed by atoms with E-state index in [9.17, 15) is 18.0 Å². The van der Waals surface area contributed by atoms with Crippen molar-refractivity contribution in [1.29, 1.82) is 0 Å². The molecule has 2 bridgehead atoms. The van der Waals surface area contributed by atoms with Crippen LogP contribution in [0.3, 0.4) is 0 Å². The summed E-state index contributed by atoms with van der Waals surface area (Å²) < 4.78 is 27.8. The molecule has 0 radical (unpaired) electrons. The Bertz CT molecular complexity index is 795. The quantitative estimate of drug-likeness (QED) is 0.779. The Morgan fingerprint density at radius 1 is 1.32 bits per heavy atom. The zero-order valence-electron chi connectivity index (χ0n) is 13.9. The van der Waals surface area contributed by atoms with E-state index in [2.05, 4.69) is 5.32 Å². The third kappa shape index (κ3) is 3.53. The molecule has 1 aromatic rings. The molecule has 2 fully saturated rings. The first-order valence-corrected chi connectivity index (χ1v) is 9.54. The van der Waals surface area contributed by atoms with Crippen LogP contribution in [0, 0.1) is 5.92 Å². The second kappa shape index (κ2) is 6.74. The number of carboxylic acids is 1. The van der Waals surface area contributed by atoms with Crippen molar-refractivity contribution in [2.24, 2.45) is 5.92 Å². The fourth-order valence-corrected chi connectivity index (χ4v) is 5.20. The van der Waals surface area contributed by atoms with Crippen LogP contribution in [0.25, 0.3) is 0 Å². The molecule has 1 amide bonds. The molecule has 25 heavy (non-hydrogen) atoms. The van der Waals surface area contributed by atoms with E-state index in [4.69, 9.17) is 5.11 Å². The zero-order chi connectivity index (χ0) is 18.2. The molecule has 3 rings (SSSR count). The predicted octanol–water partition coefficient (Wildman–Crippen LogP) is 0.984. The molecule has 8 nitrogen and oxygen atoms in total. The number of carboxylic acid groups (broad SMARTS) is 1. The van der Waals surface area contributed by atoms with E-state index in [0.717, 1.165) is 23.6 Å². The van der Waals surface area contributed by atoms with E-state index in [1.165, 1.54) is 23.5 Å². The molecule has 0 aromatic heterocycles. The number of likely N-dealkylation sites (N-methyl/N-ethyl adjacent to an activating group) is 1. The van der Waals surface area contributed by atoms with Crippen LogP contribution in [0.2, 0.25) is 0 Å². The monoisotopic (exact) mass is 367 g/mol. The molecule has 1 aromatic carbocycles. The summed E-state index contributed by atoms with van der Waals surface area (Å²) in [5.41, 5.74) is 0.101. The van der Waals surface area contributed by atoms with E-state index in [0.29, 0.717) is 12.5 Å². The van der Waals surface area contributed by atoms with Crippen molar-refractivity contribution in [3.05, 3.63) is 29.8 Å². The Balaban J connectivity index is 1.66. The lowest BCUT2D eigenvalue weighted by Crippen LogP contribution is -2.47. The van der Waals surface area contributed by atoms with Crippen LogP contribution < -0.4 is 5.32 Å². The van der Waals surface area contributed by atoms with E-state index >= 15 is 0 Å². The minimum absolute atomic E-state index is 0.0354. The summed E-state index contributed by atoms with van der Waals surface area (Å²) in [6.07, 6.45) is 2.83. The number of aromatic carboxylic acids is 1. The Morgan fingerprint density at radius 2 is 2.04 bits per heavy atom. The van der Waals surface area contributed by atoms with E-state index < -0.39 is 22.1 Å². The van der Waals surface area contributed by atoms with Crippen LogP contribution in [0.4, 0.5) is 5.69 Å². The molecule has 1 aliphatic heterocycles. The number of para-hydroxylation sites is 1. The number of anilines is 1. The molecule has 9 heteroatoms. The molecule has 1 aliphatic carbocycles. The lowest BCUT2D eigenvalue weighted by molar-refractivity contribution is -0.116. The second-order valence-corrected chi connectivity index (χ2v) is 8.55. The van der Waals surface area contributed by atoms with E-state index in [1.807, 2.05) is 0 Å². The van der Waals surface area contributed by atoms with Gasteiger partial charge in [0.1, 0.15) is 0 Å². The zero-order valence-corrected chi connectivity index (χ0v) is 14.7. The van der Waals surface area contributed by atoms with Crippen LogP contribution in [-0.2, 0) is 15.0 Å². The van der Waals surface area contributed by atoms with Gasteiger partial charge in [-0.2, -0.15) is 17.0 Å². The van der Waals surface area contributed by atoms with Crippen molar-refractivity contribution >= 4 is 27.8 Å². The summed E-state index contributed by atoms with van der Waals surface area (Å²) >= 11 is 0. The predicted molar refractivity (Wildman–Crippen MR) is 91.4 cm³/mol. The van der Waals surface area contributed by atoms with Gasteiger partial charge in [-0.25, -0.2) is 4.79 Å². The highest BCUT2D eigenvalue weighted by atomic mass is 32.2. The van der Waals surface area contributed by atoms with Gasteiger partial charge in [-0.15, -0.1) is 0 Å². The number of amides is 1. The molecule has 2 atom stereocenters.